The highest BCUT2D eigenvalue weighted by atomic mass is 16.5. The van der Waals surface area contributed by atoms with Crippen LogP contribution < -0.4 is 16.0 Å². The zero-order chi connectivity index (χ0) is 21.3. The summed E-state index contributed by atoms with van der Waals surface area (Å²) in [5, 5.41) is 0.949. The van der Waals surface area contributed by atoms with Crippen LogP contribution in [0.3, 0.4) is 0 Å². The number of hydrogen-bond acceptors (Lipinski definition) is 4. The van der Waals surface area contributed by atoms with Crippen molar-refractivity contribution in [1.82, 2.24) is 14.5 Å². The smallest absolute Gasteiger partial charge is 0.325 e. The molecule has 2 heterocycles. The number of aromatic nitrogens is 2. The Morgan fingerprint density at radius 1 is 1.23 bits per heavy atom. The summed E-state index contributed by atoms with van der Waals surface area (Å²) in [5.74, 6) is 0.821. The van der Waals surface area contributed by atoms with Gasteiger partial charge in [-0.15, -0.1) is 0 Å². The van der Waals surface area contributed by atoms with Crippen LogP contribution in [0, 0.1) is 5.41 Å². The van der Waals surface area contributed by atoms with Gasteiger partial charge < -0.3 is 20.4 Å². The topological polar surface area (TPSA) is 93.3 Å². The number of ether oxygens (including phenoxy) is 1. The number of hydrogen-bond donors (Lipinski definition) is 2. The lowest BCUT2D eigenvalue weighted by atomic mass is 10.1. The average Bonchev–Trinajstić information content (AvgIpc) is 3.38. The second-order valence-corrected chi connectivity index (χ2v) is 8.12. The summed E-state index contributed by atoms with van der Waals surface area (Å²) in [6.07, 6.45) is 3.79. The van der Waals surface area contributed by atoms with Gasteiger partial charge in [-0.25, -0.2) is 9.36 Å². The number of nitrogens with one attached hydrogen (secondary N) is 1. The Morgan fingerprint density at radius 2 is 2.00 bits per heavy atom. The van der Waals surface area contributed by atoms with Crippen LogP contribution in [-0.4, -0.2) is 46.7 Å². The van der Waals surface area contributed by atoms with Gasteiger partial charge in [-0.05, 0) is 62.3 Å². The predicted octanol–water partition coefficient (Wildman–Crippen LogP) is 3.42. The minimum atomic E-state index is -0.799. The van der Waals surface area contributed by atoms with Gasteiger partial charge in [-0.1, -0.05) is 13.8 Å². The molecule has 0 radical (unpaired) electrons. The largest absolute Gasteiger partial charge is 0.493 e. The summed E-state index contributed by atoms with van der Waals surface area (Å²) < 4.78 is 7.06. The molecule has 1 aromatic carbocycles. The highest BCUT2D eigenvalue weighted by molar-refractivity contribution is 5.87. The van der Waals surface area contributed by atoms with E-state index in [9.17, 15) is 9.59 Å². The van der Waals surface area contributed by atoms with E-state index in [1.165, 1.54) is 19.0 Å². The lowest BCUT2D eigenvalue weighted by molar-refractivity contribution is 0.169. The Kier molecular flexibility index (Phi) is 5.39. The molecule has 0 saturated heterocycles. The van der Waals surface area contributed by atoms with Gasteiger partial charge in [0.1, 0.15) is 5.75 Å². The van der Waals surface area contributed by atoms with Gasteiger partial charge in [0.05, 0.1) is 17.9 Å². The van der Waals surface area contributed by atoms with E-state index in [1.807, 2.05) is 24.3 Å². The van der Waals surface area contributed by atoms with E-state index < -0.39 is 11.6 Å². The van der Waals surface area contributed by atoms with Crippen molar-refractivity contribution in [2.45, 2.75) is 26.7 Å². The molecule has 1 aliphatic rings. The number of H-pyrrole nitrogens is 1. The van der Waals surface area contributed by atoms with E-state index in [0.29, 0.717) is 17.9 Å². The highest BCUT2D eigenvalue weighted by Gasteiger charge is 2.44. The summed E-state index contributed by atoms with van der Waals surface area (Å²) in [4.78, 5) is 29.7. The van der Waals surface area contributed by atoms with Gasteiger partial charge in [-0.2, -0.15) is 0 Å². The minimum Gasteiger partial charge on any atom is -0.493 e. The number of primary amides is 1. The second-order valence-electron chi connectivity index (χ2n) is 8.12. The average molecular weight is 409 g/mol. The molecule has 1 fully saturated rings. The Morgan fingerprint density at radius 3 is 2.67 bits per heavy atom. The molecule has 0 unspecified atom stereocenters. The van der Waals surface area contributed by atoms with Crippen molar-refractivity contribution in [3.63, 3.8) is 0 Å². The van der Waals surface area contributed by atoms with Gasteiger partial charge in [0.2, 0.25) is 0 Å². The maximum absolute atomic E-state index is 12.5. The third-order valence-electron chi connectivity index (χ3n) is 6.02. The summed E-state index contributed by atoms with van der Waals surface area (Å²) >= 11 is 0. The number of fused-ring (bicyclic) bond motifs is 1. The van der Waals surface area contributed by atoms with Crippen LogP contribution in [0.5, 0.6) is 5.75 Å². The second kappa shape index (κ2) is 7.99. The molecule has 3 N–H and O–H groups in total. The van der Waals surface area contributed by atoms with Crippen LogP contribution in [0.25, 0.3) is 22.2 Å². The van der Waals surface area contributed by atoms with Crippen LogP contribution in [0.15, 0.2) is 47.4 Å². The molecule has 30 heavy (non-hydrogen) atoms. The first-order chi connectivity index (χ1) is 14.4. The lowest BCUT2D eigenvalue weighted by Gasteiger charge is -2.25. The molecule has 2 aromatic heterocycles. The number of nitrogens with zero attached hydrogens (tertiary/aromatic N) is 2. The molecular formula is C23H28N4O3. The molecule has 7 heteroatoms. The van der Waals surface area contributed by atoms with E-state index in [4.69, 9.17) is 10.5 Å². The summed E-state index contributed by atoms with van der Waals surface area (Å²) in [6, 6.07) is 10.3. The quantitative estimate of drug-likeness (QED) is 0.597. The molecule has 0 aliphatic heterocycles. The van der Waals surface area contributed by atoms with E-state index in [2.05, 4.69) is 23.7 Å². The first-order valence-corrected chi connectivity index (χ1v) is 10.4. The van der Waals surface area contributed by atoms with Crippen molar-refractivity contribution in [2.75, 3.05) is 26.2 Å². The van der Waals surface area contributed by atoms with E-state index >= 15 is 0 Å². The Bertz CT molecular complexity index is 1120. The lowest BCUT2D eigenvalue weighted by Crippen LogP contribution is -2.33. The number of carbonyl (C=O) groups is 1. The van der Waals surface area contributed by atoms with Crippen molar-refractivity contribution in [3.05, 3.63) is 52.9 Å². The summed E-state index contributed by atoms with van der Waals surface area (Å²) in [5.41, 5.74) is 7.03. The first-order valence-electron chi connectivity index (χ1n) is 10.4. The maximum Gasteiger partial charge on any atom is 0.325 e. The first kappa shape index (κ1) is 20.2. The molecule has 158 valence electrons. The zero-order valence-corrected chi connectivity index (χ0v) is 17.5. The van der Waals surface area contributed by atoms with E-state index in [0.717, 1.165) is 40.9 Å². The third kappa shape index (κ3) is 3.98. The van der Waals surface area contributed by atoms with Crippen LogP contribution in [-0.2, 0) is 0 Å². The monoisotopic (exact) mass is 408 g/mol. The molecule has 7 nitrogen and oxygen atoms in total. The van der Waals surface area contributed by atoms with Gasteiger partial charge >= 0.3 is 6.03 Å². The van der Waals surface area contributed by atoms with Crippen molar-refractivity contribution < 1.29 is 9.53 Å². The standard InChI is InChI=1S/C23H28N4O3/c1-3-26(4-2)14-23(9-10-23)15-30-17-7-8-19-16(12-17)13-20(25-19)18-6-5-11-27(21(18)28)22(24)29/h5-8,11-13,25H,3-4,9-10,14-15H2,1-2H3,(H2,24,29). The number of nitrogens with two attached hydrogens (primary N) is 1. The maximum atomic E-state index is 12.5. The number of aromatic amines is 1. The van der Waals surface area contributed by atoms with Crippen LogP contribution in [0.2, 0.25) is 0 Å². The number of pyridine rings is 1. The van der Waals surface area contributed by atoms with Crippen LogP contribution in [0.4, 0.5) is 4.79 Å². The molecule has 0 bridgehead atoms. The van der Waals surface area contributed by atoms with Crippen molar-refractivity contribution in [1.29, 1.82) is 0 Å². The molecule has 0 atom stereocenters. The minimum absolute atomic E-state index is 0.272. The molecule has 4 rings (SSSR count). The zero-order valence-electron chi connectivity index (χ0n) is 17.5. The third-order valence-corrected chi connectivity index (χ3v) is 6.02. The molecular weight excluding hydrogens is 380 g/mol. The van der Waals surface area contributed by atoms with Gasteiger partial charge in [0, 0.05) is 29.1 Å². The summed E-state index contributed by atoms with van der Waals surface area (Å²) in [7, 11) is 0. The predicted molar refractivity (Wildman–Crippen MR) is 118 cm³/mol. The van der Waals surface area contributed by atoms with Gasteiger partial charge in [-0.3, -0.25) is 4.79 Å². The molecule has 0 spiro atoms. The number of rotatable bonds is 8. The Labute approximate surface area is 175 Å². The fourth-order valence-corrected chi connectivity index (χ4v) is 3.90. The normalized spacial score (nSPS) is 14.9. The van der Waals surface area contributed by atoms with Crippen molar-refractivity contribution in [3.8, 4) is 17.0 Å². The molecule has 1 amide bonds. The fraction of sp³-hybridized carbons (Fsp3) is 0.391. The van der Waals surface area contributed by atoms with E-state index in [-0.39, 0.29) is 5.41 Å². The van der Waals surface area contributed by atoms with Gasteiger partial charge in [0.25, 0.3) is 5.56 Å². The van der Waals surface area contributed by atoms with E-state index in [1.54, 1.807) is 12.1 Å². The van der Waals surface area contributed by atoms with Gasteiger partial charge in [0.15, 0.2) is 0 Å². The van der Waals surface area contributed by atoms with Crippen LogP contribution in [0.1, 0.15) is 26.7 Å². The number of amides is 1. The SMILES string of the molecule is CCN(CC)CC1(COc2ccc3[nH]c(-c4cccn(C(N)=O)c4=O)cc3c2)CC1. The number of carbonyl (C=O) groups excluding carboxylic acids is 1. The summed E-state index contributed by atoms with van der Waals surface area (Å²) in [6.45, 7) is 8.32. The van der Waals surface area contributed by atoms with Crippen molar-refractivity contribution in [2.24, 2.45) is 11.1 Å². The fourth-order valence-electron chi connectivity index (χ4n) is 3.90. The van der Waals surface area contributed by atoms with Crippen molar-refractivity contribution >= 4 is 16.9 Å². The Hall–Kier alpha value is -3.06. The highest BCUT2D eigenvalue weighted by Crippen LogP contribution is 2.46. The molecule has 1 aliphatic carbocycles. The number of benzene rings is 1. The molecule has 1 saturated carbocycles. The Balaban J connectivity index is 1.53. The molecule has 3 aromatic rings. The van der Waals surface area contributed by atoms with Crippen LogP contribution >= 0.6 is 0 Å².